The van der Waals surface area contributed by atoms with E-state index in [2.05, 4.69) is 0 Å². The van der Waals surface area contributed by atoms with Gasteiger partial charge < -0.3 is 19.3 Å². The maximum absolute atomic E-state index is 12.0. The summed E-state index contributed by atoms with van der Waals surface area (Å²) in [6.07, 6.45) is 0.804. The van der Waals surface area contributed by atoms with Gasteiger partial charge in [0.05, 0.1) is 13.1 Å². The van der Waals surface area contributed by atoms with Crippen molar-refractivity contribution < 1.29 is 23.9 Å². The number of furan rings is 1. The average Bonchev–Trinajstić information content (AvgIpc) is 2.77. The smallest absolute Gasteiger partial charge is 0.372 e. The maximum Gasteiger partial charge on any atom is 0.372 e. The summed E-state index contributed by atoms with van der Waals surface area (Å²) < 4.78 is 5.22. The van der Waals surface area contributed by atoms with E-state index in [9.17, 15) is 14.4 Å². The van der Waals surface area contributed by atoms with Gasteiger partial charge in [-0.3, -0.25) is 9.59 Å². The van der Waals surface area contributed by atoms with E-state index >= 15 is 0 Å². The number of carbonyl (C=O) groups is 3. The third-order valence-corrected chi connectivity index (χ3v) is 3.36. The number of hydrogen-bond donors (Lipinski definition) is 1. The zero-order valence-corrected chi connectivity index (χ0v) is 12.1. The third kappa shape index (κ3) is 3.24. The van der Waals surface area contributed by atoms with Crippen molar-refractivity contribution in [2.24, 2.45) is 0 Å². The van der Waals surface area contributed by atoms with Crippen molar-refractivity contribution in [2.45, 2.75) is 26.8 Å². The second-order valence-corrected chi connectivity index (χ2v) is 5.10. The Morgan fingerprint density at radius 2 is 1.90 bits per heavy atom. The monoisotopic (exact) mass is 294 g/mol. The summed E-state index contributed by atoms with van der Waals surface area (Å²) in [4.78, 5) is 37.8. The molecule has 1 N–H and O–H groups in total. The normalized spacial score (nSPS) is 15.7. The Labute approximate surface area is 122 Å². The first kappa shape index (κ1) is 15.1. The molecule has 7 heteroatoms. The Kier molecular flexibility index (Phi) is 4.30. The summed E-state index contributed by atoms with van der Waals surface area (Å²) in [5, 5.41) is 8.94. The molecule has 2 amide bonds. The highest BCUT2D eigenvalue weighted by molar-refractivity contribution is 5.92. The van der Waals surface area contributed by atoms with Crippen LogP contribution in [0.5, 0.6) is 0 Å². The van der Waals surface area contributed by atoms with E-state index in [4.69, 9.17) is 9.52 Å². The molecule has 0 radical (unpaired) electrons. The molecular formula is C14H18N2O5. The number of carboxylic acid groups (broad SMARTS) is 1. The van der Waals surface area contributed by atoms with Gasteiger partial charge in [0.25, 0.3) is 0 Å². The molecule has 0 spiro atoms. The quantitative estimate of drug-likeness (QED) is 0.870. The highest BCUT2D eigenvalue weighted by atomic mass is 16.4. The minimum absolute atomic E-state index is 0.000978. The summed E-state index contributed by atoms with van der Waals surface area (Å²) in [6.45, 7) is 4.32. The van der Waals surface area contributed by atoms with E-state index in [0.717, 1.165) is 6.42 Å². The standard InChI is InChI=1S/C14H18N2O5/c1-3-4-15-7-12(18)16(8-11(15)17)6-10-5-9(2)13(21-10)14(19)20/h5H,3-4,6-8H2,1-2H3,(H,19,20). The molecule has 1 aromatic heterocycles. The third-order valence-electron chi connectivity index (χ3n) is 3.36. The van der Waals surface area contributed by atoms with E-state index < -0.39 is 5.97 Å². The van der Waals surface area contributed by atoms with Crippen LogP contribution >= 0.6 is 0 Å². The van der Waals surface area contributed by atoms with Gasteiger partial charge >= 0.3 is 5.97 Å². The number of carboxylic acids is 1. The molecule has 0 unspecified atom stereocenters. The van der Waals surface area contributed by atoms with Gasteiger partial charge in [0.15, 0.2) is 0 Å². The van der Waals surface area contributed by atoms with Crippen molar-refractivity contribution >= 4 is 17.8 Å². The average molecular weight is 294 g/mol. The summed E-state index contributed by atoms with van der Waals surface area (Å²) in [6, 6.07) is 1.58. The van der Waals surface area contributed by atoms with Crippen LogP contribution in [0.1, 0.15) is 35.2 Å². The Bertz CT molecular complexity index is 578. The predicted molar refractivity (Wildman–Crippen MR) is 72.7 cm³/mol. The van der Waals surface area contributed by atoms with E-state index in [1.807, 2.05) is 6.92 Å². The molecule has 2 rings (SSSR count). The number of amides is 2. The Morgan fingerprint density at radius 3 is 2.48 bits per heavy atom. The summed E-state index contributed by atoms with van der Waals surface area (Å²) in [5.41, 5.74) is 0.501. The molecule has 1 fully saturated rings. The molecule has 1 aromatic rings. The first-order valence-corrected chi connectivity index (χ1v) is 6.80. The lowest BCUT2D eigenvalue weighted by atomic mass is 10.2. The lowest BCUT2D eigenvalue weighted by Crippen LogP contribution is -2.53. The van der Waals surface area contributed by atoms with Crippen molar-refractivity contribution in [1.29, 1.82) is 0 Å². The van der Waals surface area contributed by atoms with Crippen LogP contribution in [-0.4, -0.2) is 52.3 Å². The van der Waals surface area contributed by atoms with Crippen LogP contribution in [0.2, 0.25) is 0 Å². The number of aryl methyl sites for hydroxylation is 1. The van der Waals surface area contributed by atoms with Crippen LogP contribution in [-0.2, 0) is 16.1 Å². The SMILES string of the molecule is CCCN1CC(=O)N(Cc2cc(C)c(C(=O)O)o2)CC1=O. The van der Waals surface area contributed by atoms with E-state index in [-0.39, 0.29) is 37.2 Å². The van der Waals surface area contributed by atoms with Crippen molar-refractivity contribution in [1.82, 2.24) is 9.80 Å². The molecule has 0 aromatic carbocycles. The molecule has 1 aliphatic heterocycles. The van der Waals surface area contributed by atoms with Gasteiger partial charge in [-0.1, -0.05) is 6.92 Å². The zero-order chi connectivity index (χ0) is 15.6. The Balaban J connectivity index is 2.07. The summed E-state index contributed by atoms with van der Waals surface area (Å²) in [7, 11) is 0. The Morgan fingerprint density at radius 1 is 1.29 bits per heavy atom. The molecular weight excluding hydrogens is 276 g/mol. The number of carbonyl (C=O) groups excluding carboxylic acids is 2. The molecule has 1 aliphatic rings. The topological polar surface area (TPSA) is 91.1 Å². The molecule has 0 aliphatic carbocycles. The lowest BCUT2D eigenvalue weighted by Gasteiger charge is -2.33. The van der Waals surface area contributed by atoms with E-state index in [0.29, 0.717) is 17.9 Å². The second kappa shape index (κ2) is 5.99. The van der Waals surface area contributed by atoms with Crippen LogP contribution in [0.4, 0.5) is 0 Å². The van der Waals surface area contributed by atoms with Crippen molar-refractivity contribution in [3.05, 3.63) is 23.2 Å². The summed E-state index contributed by atoms with van der Waals surface area (Å²) >= 11 is 0. The Hall–Kier alpha value is -2.31. The first-order valence-electron chi connectivity index (χ1n) is 6.80. The van der Waals surface area contributed by atoms with Gasteiger partial charge in [0.2, 0.25) is 17.6 Å². The number of piperazine rings is 1. The zero-order valence-electron chi connectivity index (χ0n) is 12.1. The first-order chi connectivity index (χ1) is 9.92. The minimum atomic E-state index is -1.14. The molecule has 0 saturated carbocycles. The number of nitrogens with zero attached hydrogens (tertiary/aromatic N) is 2. The summed E-state index contributed by atoms with van der Waals surface area (Å²) in [5.74, 6) is -1.16. The molecule has 0 atom stereocenters. The lowest BCUT2D eigenvalue weighted by molar-refractivity contribution is -0.150. The van der Waals surface area contributed by atoms with Gasteiger partial charge in [-0.15, -0.1) is 0 Å². The van der Waals surface area contributed by atoms with Gasteiger partial charge in [0.1, 0.15) is 12.3 Å². The maximum atomic E-state index is 12.0. The van der Waals surface area contributed by atoms with E-state index in [1.165, 1.54) is 9.80 Å². The van der Waals surface area contributed by atoms with Crippen LogP contribution in [0.25, 0.3) is 0 Å². The van der Waals surface area contributed by atoms with Gasteiger partial charge in [0, 0.05) is 12.1 Å². The molecule has 7 nitrogen and oxygen atoms in total. The fraction of sp³-hybridized carbons (Fsp3) is 0.500. The number of aromatic carboxylic acids is 1. The number of hydrogen-bond acceptors (Lipinski definition) is 4. The van der Waals surface area contributed by atoms with E-state index in [1.54, 1.807) is 13.0 Å². The van der Waals surface area contributed by atoms with Gasteiger partial charge in [-0.2, -0.15) is 0 Å². The van der Waals surface area contributed by atoms with Gasteiger partial charge in [-0.05, 0) is 19.4 Å². The highest BCUT2D eigenvalue weighted by Gasteiger charge is 2.30. The minimum Gasteiger partial charge on any atom is -0.475 e. The fourth-order valence-electron chi connectivity index (χ4n) is 2.35. The predicted octanol–water partition coefficient (Wildman–Crippen LogP) is 0.867. The van der Waals surface area contributed by atoms with Gasteiger partial charge in [-0.25, -0.2) is 4.79 Å². The van der Waals surface area contributed by atoms with Crippen LogP contribution in [0.15, 0.2) is 10.5 Å². The van der Waals surface area contributed by atoms with Crippen LogP contribution in [0.3, 0.4) is 0 Å². The molecule has 1 saturated heterocycles. The molecule has 2 heterocycles. The van der Waals surface area contributed by atoms with Crippen LogP contribution < -0.4 is 0 Å². The number of rotatable bonds is 5. The molecule has 114 valence electrons. The van der Waals surface area contributed by atoms with Crippen molar-refractivity contribution in [3.8, 4) is 0 Å². The largest absolute Gasteiger partial charge is 0.475 e. The van der Waals surface area contributed by atoms with Crippen molar-refractivity contribution in [2.75, 3.05) is 19.6 Å². The molecule has 0 bridgehead atoms. The van der Waals surface area contributed by atoms with Crippen molar-refractivity contribution in [3.63, 3.8) is 0 Å². The second-order valence-electron chi connectivity index (χ2n) is 5.10. The fourth-order valence-corrected chi connectivity index (χ4v) is 2.35. The van der Waals surface area contributed by atoms with Crippen LogP contribution in [0, 0.1) is 6.92 Å². The highest BCUT2D eigenvalue weighted by Crippen LogP contribution is 2.18. The molecule has 21 heavy (non-hydrogen) atoms.